The Hall–Kier alpha value is -3.51. The summed E-state index contributed by atoms with van der Waals surface area (Å²) in [4.78, 5) is 11.1. The van der Waals surface area contributed by atoms with Crippen LogP contribution in [0, 0.1) is 0 Å². The van der Waals surface area contributed by atoms with Gasteiger partial charge in [0.15, 0.2) is 6.10 Å². The van der Waals surface area contributed by atoms with E-state index in [4.69, 9.17) is 24.1 Å². The summed E-state index contributed by atoms with van der Waals surface area (Å²) in [7, 11) is 1.39. The molecule has 0 amide bonds. The van der Waals surface area contributed by atoms with Crippen molar-refractivity contribution in [1.29, 1.82) is 0 Å². The topological polar surface area (TPSA) is 74.2 Å². The average molecular weight is 437 g/mol. The molecule has 0 spiro atoms. The SMILES string of the molecule is CO[C@@H](Cc1ccc(O[C@@H](C)[C@H](C)Oc2ccc(Oc3ccccc3)cc2)cc1)C(=O)O. The molecule has 0 aliphatic carbocycles. The molecule has 3 aromatic carbocycles. The van der Waals surface area contributed by atoms with Gasteiger partial charge in [0.25, 0.3) is 0 Å². The number of carboxylic acids is 1. The van der Waals surface area contributed by atoms with Crippen molar-refractivity contribution in [3.63, 3.8) is 0 Å². The number of carboxylic acid groups (broad SMARTS) is 1. The maximum atomic E-state index is 11.1. The second-order valence-electron chi connectivity index (χ2n) is 7.44. The normalized spacial score (nSPS) is 13.6. The molecule has 0 radical (unpaired) electrons. The summed E-state index contributed by atoms with van der Waals surface area (Å²) in [5, 5.41) is 9.10. The Labute approximate surface area is 188 Å². The Morgan fingerprint density at radius 3 is 1.72 bits per heavy atom. The predicted molar refractivity (Wildman–Crippen MR) is 122 cm³/mol. The minimum atomic E-state index is -0.980. The van der Waals surface area contributed by atoms with Crippen molar-refractivity contribution >= 4 is 5.97 Å². The molecule has 0 fully saturated rings. The van der Waals surface area contributed by atoms with E-state index in [0.717, 1.165) is 22.8 Å². The van der Waals surface area contributed by atoms with Gasteiger partial charge in [-0.15, -0.1) is 0 Å². The third kappa shape index (κ3) is 6.75. The van der Waals surface area contributed by atoms with Crippen LogP contribution in [-0.2, 0) is 16.0 Å². The highest BCUT2D eigenvalue weighted by Crippen LogP contribution is 2.25. The lowest BCUT2D eigenvalue weighted by Crippen LogP contribution is -2.31. The number of hydrogen-bond donors (Lipinski definition) is 1. The van der Waals surface area contributed by atoms with Crippen LogP contribution in [0.15, 0.2) is 78.9 Å². The third-order valence-electron chi connectivity index (χ3n) is 5.01. The molecule has 0 aliphatic heterocycles. The van der Waals surface area contributed by atoms with Gasteiger partial charge in [0.1, 0.15) is 35.2 Å². The van der Waals surface area contributed by atoms with Crippen LogP contribution >= 0.6 is 0 Å². The van der Waals surface area contributed by atoms with Crippen molar-refractivity contribution in [2.24, 2.45) is 0 Å². The quantitative estimate of drug-likeness (QED) is 0.436. The summed E-state index contributed by atoms with van der Waals surface area (Å²) in [5.74, 6) is 1.95. The Balaban J connectivity index is 1.51. The first-order chi connectivity index (χ1) is 15.4. The monoisotopic (exact) mass is 436 g/mol. The molecule has 6 nitrogen and oxygen atoms in total. The molecular formula is C26H28O6. The smallest absolute Gasteiger partial charge is 0.333 e. The largest absolute Gasteiger partial charge is 0.487 e. The van der Waals surface area contributed by atoms with Gasteiger partial charge in [-0.1, -0.05) is 30.3 Å². The van der Waals surface area contributed by atoms with Crippen LogP contribution in [0.1, 0.15) is 19.4 Å². The van der Waals surface area contributed by atoms with Crippen molar-refractivity contribution in [2.45, 2.75) is 38.6 Å². The Bertz CT molecular complexity index is 969. The van der Waals surface area contributed by atoms with E-state index in [1.165, 1.54) is 7.11 Å². The zero-order valence-electron chi connectivity index (χ0n) is 18.4. The number of hydrogen-bond acceptors (Lipinski definition) is 5. The maximum absolute atomic E-state index is 11.1. The molecule has 0 saturated heterocycles. The van der Waals surface area contributed by atoms with E-state index >= 15 is 0 Å². The van der Waals surface area contributed by atoms with Crippen LogP contribution in [0.3, 0.4) is 0 Å². The Kier molecular flexibility index (Phi) is 8.11. The van der Waals surface area contributed by atoms with Gasteiger partial charge in [-0.3, -0.25) is 0 Å². The number of carbonyl (C=O) groups is 1. The highest BCUT2D eigenvalue weighted by molar-refractivity contribution is 5.72. The van der Waals surface area contributed by atoms with Crippen molar-refractivity contribution in [1.82, 2.24) is 0 Å². The summed E-state index contributed by atoms with van der Waals surface area (Å²) >= 11 is 0. The summed E-state index contributed by atoms with van der Waals surface area (Å²) in [5.41, 5.74) is 0.862. The Morgan fingerprint density at radius 1 is 0.750 bits per heavy atom. The number of rotatable bonds is 11. The van der Waals surface area contributed by atoms with E-state index in [9.17, 15) is 4.79 Å². The fraction of sp³-hybridized carbons (Fsp3) is 0.269. The van der Waals surface area contributed by atoms with Gasteiger partial charge < -0.3 is 24.1 Å². The summed E-state index contributed by atoms with van der Waals surface area (Å²) < 4.78 is 22.8. The van der Waals surface area contributed by atoms with Crippen molar-refractivity contribution in [3.8, 4) is 23.0 Å². The van der Waals surface area contributed by atoms with Crippen molar-refractivity contribution < 1.29 is 28.8 Å². The summed E-state index contributed by atoms with van der Waals surface area (Å²) in [6.45, 7) is 3.89. The van der Waals surface area contributed by atoms with Gasteiger partial charge in [0, 0.05) is 13.5 Å². The molecule has 0 aromatic heterocycles. The van der Waals surface area contributed by atoms with Crippen LogP contribution in [0.5, 0.6) is 23.0 Å². The summed E-state index contributed by atoms with van der Waals surface area (Å²) in [6, 6.07) is 24.4. The lowest BCUT2D eigenvalue weighted by Gasteiger charge is -2.23. The van der Waals surface area contributed by atoms with Gasteiger partial charge in [0.05, 0.1) is 0 Å². The number of ether oxygens (including phenoxy) is 4. The fourth-order valence-corrected chi connectivity index (χ4v) is 3.02. The van der Waals surface area contributed by atoms with Crippen molar-refractivity contribution in [3.05, 3.63) is 84.4 Å². The number of aliphatic carboxylic acids is 1. The molecule has 6 heteroatoms. The van der Waals surface area contributed by atoms with Crippen LogP contribution in [-0.4, -0.2) is 36.5 Å². The maximum Gasteiger partial charge on any atom is 0.333 e. The molecule has 168 valence electrons. The van der Waals surface area contributed by atoms with E-state index in [-0.39, 0.29) is 12.2 Å². The summed E-state index contributed by atoms with van der Waals surface area (Å²) in [6.07, 6.45) is -0.962. The Morgan fingerprint density at radius 2 is 1.22 bits per heavy atom. The molecule has 0 saturated carbocycles. The number of benzene rings is 3. The van der Waals surface area contributed by atoms with Crippen LogP contribution in [0.2, 0.25) is 0 Å². The second kappa shape index (κ2) is 11.2. The first-order valence-electron chi connectivity index (χ1n) is 10.5. The molecular weight excluding hydrogens is 408 g/mol. The molecule has 0 aliphatic rings. The number of para-hydroxylation sites is 1. The predicted octanol–water partition coefficient (Wildman–Crippen LogP) is 5.36. The first-order valence-corrected chi connectivity index (χ1v) is 10.5. The van der Waals surface area contributed by atoms with Crippen molar-refractivity contribution in [2.75, 3.05) is 7.11 Å². The van der Waals surface area contributed by atoms with Crippen LogP contribution in [0.25, 0.3) is 0 Å². The van der Waals surface area contributed by atoms with E-state index in [1.54, 1.807) is 0 Å². The van der Waals surface area contributed by atoms with E-state index in [1.807, 2.05) is 92.7 Å². The average Bonchev–Trinajstić information content (AvgIpc) is 2.80. The van der Waals surface area contributed by atoms with Gasteiger partial charge in [-0.25, -0.2) is 4.79 Å². The fourth-order valence-electron chi connectivity index (χ4n) is 3.02. The van der Waals surface area contributed by atoms with Crippen LogP contribution in [0.4, 0.5) is 0 Å². The molecule has 0 unspecified atom stereocenters. The highest BCUT2D eigenvalue weighted by atomic mass is 16.5. The highest BCUT2D eigenvalue weighted by Gasteiger charge is 2.18. The van der Waals surface area contributed by atoms with E-state index in [2.05, 4.69) is 0 Å². The second-order valence-corrected chi connectivity index (χ2v) is 7.44. The molecule has 3 rings (SSSR count). The molecule has 1 N–H and O–H groups in total. The molecule has 3 aromatic rings. The third-order valence-corrected chi connectivity index (χ3v) is 5.01. The van der Waals surface area contributed by atoms with Gasteiger partial charge in [-0.05, 0) is 67.9 Å². The standard InChI is InChI=1S/C26H28O6/c1-18(30-22-11-9-20(10-12-22)17-25(29-3)26(27)28)19(2)31-23-13-15-24(16-14-23)32-21-7-5-4-6-8-21/h4-16,18-19,25H,17H2,1-3H3,(H,27,28)/t18-,19-,25-/m0/s1. The zero-order chi connectivity index (χ0) is 22.9. The number of methoxy groups -OCH3 is 1. The minimum Gasteiger partial charge on any atom is -0.487 e. The lowest BCUT2D eigenvalue weighted by atomic mass is 10.1. The minimum absolute atomic E-state index is 0.194. The lowest BCUT2D eigenvalue weighted by molar-refractivity contribution is -0.148. The molecule has 32 heavy (non-hydrogen) atoms. The first kappa shape index (κ1) is 23.2. The molecule has 3 atom stereocenters. The van der Waals surface area contributed by atoms with E-state index in [0.29, 0.717) is 12.2 Å². The molecule has 0 bridgehead atoms. The van der Waals surface area contributed by atoms with Crippen LogP contribution < -0.4 is 14.2 Å². The van der Waals surface area contributed by atoms with Gasteiger partial charge in [0.2, 0.25) is 0 Å². The zero-order valence-corrected chi connectivity index (χ0v) is 18.4. The van der Waals surface area contributed by atoms with Gasteiger partial charge in [-0.2, -0.15) is 0 Å². The van der Waals surface area contributed by atoms with E-state index < -0.39 is 12.1 Å². The molecule has 0 heterocycles. The van der Waals surface area contributed by atoms with Gasteiger partial charge >= 0.3 is 5.97 Å².